The van der Waals surface area contributed by atoms with Gasteiger partial charge in [-0.1, -0.05) is 6.92 Å². The maximum atomic E-state index is 11.9. The normalized spacial score (nSPS) is 12.5. The Hall–Kier alpha value is -2.55. The molecule has 0 fully saturated rings. The number of aromatic nitrogens is 2. The molecule has 1 N–H and O–H groups in total. The van der Waals surface area contributed by atoms with Gasteiger partial charge in [0, 0.05) is 4.88 Å². The zero-order chi connectivity index (χ0) is 16.1. The molecule has 0 spiro atoms. The van der Waals surface area contributed by atoms with Gasteiger partial charge in [0.2, 0.25) is 5.91 Å². The van der Waals surface area contributed by atoms with Crippen LogP contribution in [0.2, 0.25) is 0 Å². The summed E-state index contributed by atoms with van der Waals surface area (Å²) < 4.78 is 1.37. The number of amides is 1. The van der Waals surface area contributed by atoms with Gasteiger partial charge in [-0.15, -0.1) is 11.3 Å². The van der Waals surface area contributed by atoms with Crippen LogP contribution in [0.1, 0.15) is 17.4 Å². The summed E-state index contributed by atoms with van der Waals surface area (Å²) in [5.74, 6) is -0.690. The summed E-state index contributed by atoms with van der Waals surface area (Å²) in [6.45, 7) is 3.91. The van der Waals surface area contributed by atoms with Gasteiger partial charge in [0.05, 0.1) is 23.6 Å². The quantitative estimate of drug-likeness (QED) is 0.499. The van der Waals surface area contributed by atoms with Gasteiger partial charge in [-0.2, -0.15) is 10.2 Å². The number of thiophene rings is 1. The lowest BCUT2D eigenvalue weighted by molar-refractivity contribution is -0.385. The SMILES string of the molecule is Cc1ccsc1/C=N/NC(=O)C(C)Cn1cc([N+](=O)[O-])cn1. The van der Waals surface area contributed by atoms with E-state index in [1.807, 2.05) is 18.4 Å². The lowest BCUT2D eigenvalue weighted by Gasteiger charge is -2.08. The highest BCUT2D eigenvalue weighted by molar-refractivity contribution is 7.11. The van der Waals surface area contributed by atoms with Crippen molar-refractivity contribution in [3.05, 3.63) is 44.4 Å². The standard InChI is InChI=1S/C13H15N5O3S/c1-9-3-4-22-12(9)6-14-16-13(19)10(2)7-17-8-11(5-15-17)18(20)21/h3-6,8,10H,7H2,1-2H3,(H,16,19)/b14-6+. The molecular weight excluding hydrogens is 306 g/mol. The molecule has 0 aliphatic rings. The van der Waals surface area contributed by atoms with Crippen molar-refractivity contribution in [1.29, 1.82) is 0 Å². The number of hydrogen-bond acceptors (Lipinski definition) is 6. The van der Waals surface area contributed by atoms with Gasteiger partial charge in [-0.25, -0.2) is 5.43 Å². The molecular formula is C13H15N5O3S. The molecule has 2 aromatic heterocycles. The predicted molar refractivity (Wildman–Crippen MR) is 82.8 cm³/mol. The Morgan fingerprint density at radius 2 is 2.45 bits per heavy atom. The molecule has 1 unspecified atom stereocenters. The van der Waals surface area contributed by atoms with Gasteiger partial charge in [-0.05, 0) is 23.9 Å². The highest BCUT2D eigenvalue weighted by atomic mass is 32.1. The molecule has 0 radical (unpaired) electrons. The molecule has 8 nitrogen and oxygen atoms in total. The largest absolute Gasteiger partial charge is 0.306 e. The van der Waals surface area contributed by atoms with Crippen LogP contribution >= 0.6 is 11.3 Å². The number of aryl methyl sites for hydroxylation is 1. The second-order valence-electron chi connectivity index (χ2n) is 4.78. The first-order chi connectivity index (χ1) is 10.5. The van der Waals surface area contributed by atoms with Gasteiger partial charge < -0.3 is 0 Å². The maximum absolute atomic E-state index is 11.9. The number of hydrogen-bond donors (Lipinski definition) is 1. The van der Waals surface area contributed by atoms with Crippen LogP contribution in [0.25, 0.3) is 0 Å². The molecule has 1 atom stereocenters. The first kappa shape index (κ1) is 15.8. The Balaban J connectivity index is 1.87. The van der Waals surface area contributed by atoms with E-state index in [1.165, 1.54) is 22.2 Å². The van der Waals surface area contributed by atoms with E-state index in [4.69, 9.17) is 0 Å². The zero-order valence-electron chi connectivity index (χ0n) is 12.1. The summed E-state index contributed by atoms with van der Waals surface area (Å²) in [4.78, 5) is 22.9. The van der Waals surface area contributed by atoms with Gasteiger partial charge >= 0.3 is 5.69 Å². The lowest BCUT2D eigenvalue weighted by Crippen LogP contribution is -2.28. The smallest absolute Gasteiger partial charge is 0.273 e. The molecule has 1 amide bonds. The fourth-order valence-corrected chi connectivity index (χ4v) is 2.48. The number of carbonyl (C=O) groups excluding carboxylic acids is 1. The van der Waals surface area contributed by atoms with Crippen molar-refractivity contribution in [2.24, 2.45) is 11.0 Å². The molecule has 2 rings (SSSR count). The van der Waals surface area contributed by atoms with Crippen molar-refractivity contribution in [1.82, 2.24) is 15.2 Å². The fraction of sp³-hybridized carbons (Fsp3) is 0.308. The van der Waals surface area contributed by atoms with Crippen LogP contribution in [-0.4, -0.2) is 26.8 Å². The first-order valence-electron chi connectivity index (χ1n) is 6.51. The lowest BCUT2D eigenvalue weighted by atomic mass is 10.2. The van der Waals surface area contributed by atoms with Crippen molar-refractivity contribution in [2.45, 2.75) is 20.4 Å². The van der Waals surface area contributed by atoms with Crippen molar-refractivity contribution < 1.29 is 9.72 Å². The zero-order valence-corrected chi connectivity index (χ0v) is 12.9. The summed E-state index contributed by atoms with van der Waals surface area (Å²) >= 11 is 1.54. The maximum Gasteiger partial charge on any atom is 0.306 e. The van der Waals surface area contributed by atoms with E-state index in [0.29, 0.717) is 0 Å². The van der Waals surface area contributed by atoms with Crippen LogP contribution in [0.4, 0.5) is 5.69 Å². The molecule has 116 valence electrons. The number of nitrogens with one attached hydrogen (secondary N) is 1. The molecule has 22 heavy (non-hydrogen) atoms. The molecule has 0 bridgehead atoms. The van der Waals surface area contributed by atoms with Crippen molar-refractivity contribution in [3.8, 4) is 0 Å². The Kier molecular flexibility index (Phi) is 4.99. The summed E-state index contributed by atoms with van der Waals surface area (Å²) in [5.41, 5.74) is 3.46. The molecule has 2 aromatic rings. The average molecular weight is 321 g/mol. The van der Waals surface area contributed by atoms with E-state index >= 15 is 0 Å². The minimum atomic E-state index is -0.526. The molecule has 0 aliphatic heterocycles. The second-order valence-corrected chi connectivity index (χ2v) is 5.73. The Morgan fingerprint density at radius 1 is 1.68 bits per heavy atom. The summed E-state index contributed by atoms with van der Waals surface area (Å²) in [7, 11) is 0. The third-order valence-corrected chi connectivity index (χ3v) is 3.95. The number of hydrazone groups is 1. The van der Waals surface area contributed by atoms with E-state index < -0.39 is 10.8 Å². The number of nitrogens with zero attached hydrogens (tertiary/aromatic N) is 4. The molecule has 0 saturated heterocycles. The van der Waals surface area contributed by atoms with Crippen molar-refractivity contribution in [3.63, 3.8) is 0 Å². The highest BCUT2D eigenvalue weighted by Crippen LogP contribution is 2.12. The Bertz CT molecular complexity index is 706. The van der Waals surface area contributed by atoms with Crippen LogP contribution in [0.5, 0.6) is 0 Å². The predicted octanol–water partition coefficient (Wildman–Crippen LogP) is 1.95. The highest BCUT2D eigenvalue weighted by Gasteiger charge is 2.16. The van der Waals surface area contributed by atoms with E-state index in [1.54, 1.807) is 13.1 Å². The molecule has 2 heterocycles. The van der Waals surface area contributed by atoms with E-state index in [2.05, 4.69) is 15.6 Å². The van der Waals surface area contributed by atoms with E-state index in [-0.39, 0.29) is 18.1 Å². The minimum Gasteiger partial charge on any atom is -0.273 e. The fourth-order valence-electron chi connectivity index (χ4n) is 1.69. The Morgan fingerprint density at radius 3 is 3.05 bits per heavy atom. The third-order valence-electron chi connectivity index (χ3n) is 3.00. The number of carbonyl (C=O) groups is 1. The average Bonchev–Trinajstić information content (AvgIpc) is 3.08. The summed E-state index contributed by atoms with van der Waals surface area (Å²) in [6, 6.07) is 1.97. The van der Waals surface area contributed by atoms with Crippen LogP contribution in [0, 0.1) is 23.0 Å². The van der Waals surface area contributed by atoms with Crippen LogP contribution in [0.15, 0.2) is 28.9 Å². The molecule has 9 heteroatoms. The minimum absolute atomic E-state index is 0.0983. The monoisotopic (exact) mass is 321 g/mol. The third kappa shape index (κ3) is 3.98. The van der Waals surface area contributed by atoms with Gasteiger partial charge in [0.15, 0.2) is 0 Å². The number of nitro groups is 1. The summed E-state index contributed by atoms with van der Waals surface area (Å²) in [6.07, 6.45) is 4.05. The van der Waals surface area contributed by atoms with Crippen LogP contribution in [0.3, 0.4) is 0 Å². The van der Waals surface area contributed by atoms with Gasteiger partial charge in [0.1, 0.15) is 12.4 Å². The topological polar surface area (TPSA) is 102 Å². The van der Waals surface area contributed by atoms with Gasteiger partial charge in [-0.3, -0.25) is 19.6 Å². The van der Waals surface area contributed by atoms with Gasteiger partial charge in [0.25, 0.3) is 0 Å². The van der Waals surface area contributed by atoms with E-state index in [0.717, 1.165) is 16.6 Å². The van der Waals surface area contributed by atoms with Crippen molar-refractivity contribution in [2.75, 3.05) is 0 Å². The van der Waals surface area contributed by atoms with Crippen LogP contribution < -0.4 is 5.43 Å². The summed E-state index contributed by atoms with van der Waals surface area (Å²) in [5, 5.41) is 20.3. The molecule has 0 aliphatic carbocycles. The van der Waals surface area contributed by atoms with E-state index in [9.17, 15) is 14.9 Å². The second kappa shape index (κ2) is 6.94. The van der Waals surface area contributed by atoms with Crippen molar-refractivity contribution >= 4 is 29.1 Å². The number of rotatable bonds is 6. The van der Waals surface area contributed by atoms with Crippen LogP contribution in [-0.2, 0) is 11.3 Å². The Labute approximate surface area is 130 Å². The molecule has 0 aromatic carbocycles. The first-order valence-corrected chi connectivity index (χ1v) is 7.39. The molecule has 0 saturated carbocycles.